The van der Waals surface area contributed by atoms with Gasteiger partial charge in [0.2, 0.25) is 0 Å². The predicted molar refractivity (Wildman–Crippen MR) is 77.4 cm³/mol. The van der Waals surface area contributed by atoms with Gasteiger partial charge in [0.15, 0.2) is 0 Å². The third-order valence-corrected chi connectivity index (χ3v) is 3.53. The van der Waals surface area contributed by atoms with Crippen LogP contribution in [0.25, 0.3) is 0 Å². The Morgan fingerprint density at radius 1 is 1.29 bits per heavy atom. The molecule has 0 saturated carbocycles. The predicted octanol–water partition coefficient (Wildman–Crippen LogP) is 2.08. The first-order valence-corrected chi connectivity index (χ1v) is 7.12. The van der Waals surface area contributed by atoms with E-state index < -0.39 is 23.8 Å². The minimum Gasteiger partial charge on any atom is -0.406 e. The van der Waals surface area contributed by atoms with E-state index in [4.69, 9.17) is 4.74 Å². The fourth-order valence-corrected chi connectivity index (χ4v) is 2.48. The van der Waals surface area contributed by atoms with Crippen LogP contribution in [0.2, 0.25) is 0 Å². The smallest absolute Gasteiger partial charge is 0.406 e. The number of methoxy groups -OCH3 is 1. The first kappa shape index (κ1) is 18.1. The number of carbonyl (C=O) groups is 2. The highest BCUT2D eigenvalue weighted by atomic mass is 19.4. The van der Waals surface area contributed by atoms with E-state index in [0.29, 0.717) is 5.56 Å². The first-order chi connectivity index (χ1) is 11.1. The van der Waals surface area contributed by atoms with Gasteiger partial charge in [-0.3, -0.25) is 9.69 Å². The van der Waals surface area contributed by atoms with Gasteiger partial charge < -0.3 is 14.8 Å². The van der Waals surface area contributed by atoms with Crippen molar-refractivity contribution in [3.8, 4) is 5.75 Å². The van der Waals surface area contributed by atoms with E-state index in [2.05, 4.69) is 10.1 Å². The Kier molecular flexibility index (Phi) is 5.02. The third-order valence-electron chi connectivity index (χ3n) is 3.53. The quantitative estimate of drug-likeness (QED) is 0.801. The molecule has 1 saturated heterocycles. The van der Waals surface area contributed by atoms with Gasteiger partial charge in [0.25, 0.3) is 5.91 Å². The van der Waals surface area contributed by atoms with Crippen molar-refractivity contribution in [1.82, 2.24) is 10.2 Å². The van der Waals surface area contributed by atoms with E-state index in [9.17, 15) is 22.8 Å². The molecule has 1 aromatic carbocycles. The van der Waals surface area contributed by atoms with E-state index >= 15 is 0 Å². The average Bonchev–Trinajstić information content (AvgIpc) is 2.66. The highest BCUT2D eigenvalue weighted by Gasteiger charge is 2.47. The van der Waals surface area contributed by atoms with Gasteiger partial charge in [-0.2, -0.15) is 0 Å². The maximum Gasteiger partial charge on any atom is 0.573 e. The zero-order valence-electron chi connectivity index (χ0n) is 13.1. The fraction of sp³-hybridized carbons (Fsp3) is 0.467. The number of amides is 3. The number of imide groups is 1. The van der Waals surface area contributed by atoms with Gasteiger partial charge in [0, 0.05) is 13.7 Å². The molecule has 1 aromatic rings. The number of nitrogens with one attached hydrogen (secondary N) is 1. The largest absolute Gasteiger partial charge is 0.573 e. The van der Waals surface area contributed by atoms with Crippen LogP contribution in [0.5, 0.6) is 5.75 Å². The van der Waals surface area contributed by atoms with Crippen molar-refractivity contribution in [3.05, 3.63) is 29.8 Å². The summed E-state index contributed by atoms with van der Waals surface area (Å²) in [6, 6.07) is 4.86. The maximum atomic E-state index is 12.3. The Morgan fingerprint density at radius 2 is 2.00 bits per heavy atom. The molecule has 132 valence electrons. The molecule has 9 heteroatoms. The molecule has 3 amide bonds. The molecule has 2 rings (SSSR count). The fourth-order valence-electron chi connectivity index (χ4n) is 2.48. The van der Waals surface area contributed by atoms with E-state index in [1.165, 1.54) is 25.3 Å². The van der Waals surface area contributed by atoms with Crippen molar-refractivity contribution in [1.29, 1.82) is 0 Å². The molecular weight excluding hydrogens is 329 g/mol. The van der Waals surface area contributed by atoms with Crippen molar-refractivity contribution >= 4 is 11.9 Å². The lowest BCUT2D eigenvalue weighted by Gasteiger charge is -2.20. The van der Waals surface area contributed by atoms with Crippen LogP contribution in [0.3, 0.4) is 0 Å². The summed E-state index contributed by atoms with van der Waals surface area (Å²) in [5, 5.41) is 2.55. The lowest BCUT2D eigenvalue weighted by molar-refractivity contribution is -0.274. The van der Waals surface area contributed by atoms with Crippen molar-refractivity contribution in [2.45, 2.75) is 25.2 Å². The minimum absolute atomic E-state index is 0.0307. The van der Waals surface area contributed by atoms with E-state index in [1.807, 2.05) is 0 Å². The molecule has 1 fully saturated rings. The SMILES string of the molecule is COC[C@]1(C)NC(=O)N(CCc2cccc(OC(F)(F)F)c2)C1=O. The van der Waals surface area contributed by atoms with Crippen LogP contribution >= 0.6 is 0 Å². The molecule has 0 aliphatic carbocycles. The summed E-state index contributed by atoms with van der Waals surface area (Å²) >= 11 is 0. The van der Waals surface area contributed by atoms with E-state index in [0.717, 1.165) is 4.90 Å². The minimum atomic E-state index is -4.77. The number of rotatable bonds is 6. The maximum absolute atomic E-state index is 12.3. The summed E-state index contributed by atoms with van der Waals surface area (Å²) < 4.78 is 45.5. The lowest BCUT2D eigenvalue weighted by atomic mass is 10.0. The summed E-state index contributed by atoms with van der Waals surface area (Å²) in [5.74, 6) is -0.779. The Bertz CT molecular complexity index is 635. The van der Waals surface area contributed by atoms with Crippen LogP contribution in [0, 0.1) is 0 Å². The number of benzene rings is 1. The Balaban J connectivity index is 2.02. The topological polar surface area (TPSA) is 67.9 Å². The van der Waals surface area contributed by atoms with Crippen LogP contribution in [-0.4, -0.2) is 49.0 Å². The van der Waals surface area contributed by atoms with Gasteiger partial charge in [-0.05, 0) is 31.0 Å². The second-order valence-corrected chi connectivity index (χ2v) is 5.60. The van der Waals surface area contributed by atoms with Crippen LogP contribution in [0.4, 0.5) is 18.0 Å². The van der Waals surface area contributed by atoms with Crippen LogP contribution in [0.15, 0.2) is 24.3 Å². The molecule has 1 aliphatic heterocycles. The molecule has 24 heavy (non-hydrogen) atoms. The summed E-state index contributed by atoms with van der Waals surface area (Å²) in [4.78, 5) is 25.2. The standard InChI is InChI=1S/C15H17F3N2O4/c1-14(9-23-2)12(21)20(13(22)19-14)7-6-10-4-3-5-11(8-10)24-15(16,17)18/h3-5,8H,6-7,9H2,1-2H3,(H,19,22)/t14-/m0/s1. The zero-order valence-corrected chi connectivity index (χ0v) is 13.1. The molecule has 0 spiro atoms. The number of alkyl halides is 3. The van der Waals surface area contributed by atoms with Crippen molar-refractivity contribution in [2.75, 3.05) is 20.3 Å². The number of nitrogens with zero attached hydrogens (tertiary/aromatic N) is 1. The molecule has 1 atom stereocenters. The van der Waals surface area contributed by atoms with Crippen LogP contribution in [0.1, 0.15) is 12.5 Å². The first-order valence-electron chi connectivity index (χ1n) is 7.12. The molecule has 6 nitrogen and oxygen atoms in total. The number of halogens is 3. The number of hydrogen-bond donors (Lipinski definition) is 1. The molecule has 1 N–H and O–H groups in total. The van der Waals surface area contributed by atoms with Crippen molar-refractivity contribution < 1.29 is 32.2 Å². The molecule has 0 bridgehead atoms. The van der Waals surface area contributed by atoms with Gasteiger partial charge in [0.1, 0.15) is 11.3 Å². The highest BCUT2D eigenvalue weighted by molar-refractivity contribution is 6.06. The molecule has 1 heterocycles. The number of urea groups is 1. The Morgan fingerprint density at radius 3 is 2.62 bits per heavy atom. The monoisotopic (exact) mass is 346 g/mol. The zero-order chi connectivity index (χ0) is 18.0. The van der Waals surface area contributed by atoms with Crippen molar-refractivity contribution in [3.63, 3.8) is 0 Å². The second-order valence-electron chi connectivity index (χ2n) is 5.60. The van der Waals surface area contributed by atoms with Crippen LogP contribution in [-0.2, 0) is 16.0 Å². The van der Waals surface area contributed by atoms with Gasteiger partial charge in [0.05, 0.1) is 6.61 Å². The lowest BCUT2D eigenvalue weighted by Crippen LogP contribution is -2.48. The highest BCUT2D eigenvalue weighted by Crippen LogP contribution is 2.24. The summed E-state index contributed by atoms with van der Waals surface area (Å²) in [7, 11) is 1.42. The summed E-state index contributed by atoms with van der Waals surface area (Å²) in [6.07, 6.45) is -4.57. The van der Waals surface area contributed by atoms with Gasteiger partial charge in [-0.1, -0.05) is 12.1 Å². The second kappa shape index (κ2) is 6.68. The third kappa shape index (κ3) is 4.16. The summed E-state index contributed by atoms with van der Waals surface area (Å²) in [6.45, 7) is 1.62. The van der Waals surface area contributed by atoms with Gasteiger partial charge in [-0.15, -0.1) is 13.2 Å². The molecule has 0 aromatic heterocycles. The normalized spacial score (nSPS) is 21.1. The molecular formula is C15H17F3N2O4. The Labute approximate surface area is 136 Å². The molecule has 1 aliphatic rings. The van der Waals surface area contributed by atoms with Gasteiger partial charge >= 0.3 is 12.4 Å². The Hall–Kier alpha value is -2.29. The van der Waals surface area contributed by atoms with E-state index in [-0.39, 0.29) is 25.3 Å². The van der Waals surface area contributed by atoms with E-state index in [1.54, 1.807) is 13.0 Å². The number of carbonyl (C=O) groups excluding carboxylic acids is 2. The average molecular weight is 346 g/mol. The van der Waals surface area contributed by atoms with Gasteiger partial charge in [-0.25, -0.2) is 4.79 Å². The molecule has 0 unspecified atom stereocenters. The number of hydrogen-bond acceptors (Lipinski definition) is 4. The molecule has 0 radical (unpaired) electrons. The summed E-state index contributed by atoms with van der Waals surface area (Å²) in [5.41, 5.74) is -0.620. The van der Waals surface area contributed by atoms with Crippen LogP contribution < -0.4 is 10.1 Å². The number of ether oxygens (including phenoxy) is 2. The van der Waals surface area contributed by atoms with Crippen molar-refractivity contribution in [2.24, 2.45) is 0 Å².